The average Bonchev–Trinajstić information content (AvgIpc) is 2.55. The largest absolute Gasteiger partial charge is 0.355 e. The van der Waals surface area contributed by atoms with Crippen molar-refractivity contribution in [2.75, 3.05) is 40.3 Å². The Morgan fingerprint density at radius 1 is 1.29 bits per heavy atom. The van der Waals surface area contributed by atoms with Crippen molar-refractivity contribution in [1.29, 1.82) is 0 Å². The predicted molar refractivity (Wildman–Crippen MR) is 95.8 cm³/mol. The van der Waals surface area contributed by atoms with E-state index in [-0.39, 0.29) is 17.7 Å². The zero-order valence-electron chi connectivity index (χ0n) is 15.0. The lowest BCUT2D eigenvalue weighted by Gasteiger charge is -2.32. The second-order valence-corrected chi connectivity index (χ2v) is 6.91. The van der Waals surface area contributed by atoms with Gasteiger partial charge in [0.05, 0.1) is 5.92 Å². The van der Waals surface area contributed by atoms with E-state index < -0.39 is 0 Å². The van der Waals surface area contributed by atoms with Gasteiger partial charge in [-0.1, -0.05) is 29.8 Å². The predicted octanol–water partition coefficient (Wildman–Crippen LogP) is 1.45. The van der Waals surface area contributed by atoms with Crippen LogP contribution in [-0.4, -0.2) is 61.9 Å². The highest BCUT2D eigenvalue weighted by Gasteiger charge is 2.29. The number of piperidine rings is 1. The topological polar surface area (TPSA) is 52.7 Å². The number of hydrogen-bond donors (Lipinski definition) is 1. The van der Waals surface area contributed by atoms with Crippen LogP contribution in [0, 0.1) is 12.8 Å². The third-order valence-electron chi connectivity index (χ3n) is 4.52. The molecule has 5 heteroatoms. The zero-order chi connectivity index (χ0) is 17.5. The highest BCUT2D eigenvalue weighted by Crippen LogP contribution is 2.17. The van der Waals surface area contributed by atoms with Gasteiger partial charge < -0.3 is 15.1 Å². The number of aryl methyl sites for hydroxylation is 1. The molecule has 1 aromatic carbocycles. The van der Waals surface area contributed by atoms with E-state index in [2.05, 4.69) is 41.4 Å². The molecule has 1 N–H and O–H groups in total. The molecule has 2 amide bonds. The van der Waals surface area contributed by atoms with E-state index in [1.165, 1.54) is 11.1 Å². The lowest BCUT2D eigenvalue weighted by Crippen LogP contribution is -2.47. The molecule has 1 saturated heterocycles. The molecule has 1 unspecified atom stereocenters. The zero-order valence-corrected chi connectivity index (χ0v) is 15.0. The van der Waals surface area contributed by atoms with Crippen LogP contribution in [-0.2, 0) is 16.0 Å². The summed E-state index contributed by atoms with van der Waals surface area (Å²) in [5.41, 5.74) is 2.47. The fraction of sp³-hybridized carbons (Fsp3) is 0.579. The maximum absolute atomic E-state index is 12.4. The number of amides is 2. The molecule has 1 heterocycles. The minimum atomic E-state index is -0.0807. The first kappa shape index (κ1) is 18.5. The molecule has 1 fully saturated rings. The summed E-state index contributed by atoms with van der Waals surface area (Å²) in [4.78, 5) is 28.2. The fourth-order valence-electron chi connectivity index (χ4n) is 2.89. The number of rotatable bonds is 7. The van der Waals surface area contributed by atoms with Crippen LogP contribution in [0.15, 0.2) is 24.3 Å². The Morgan fingerprint density at radius 3 is 2.67 bits per heavy atom. The molecule has 1 atom stereocenters. The van der Waals surface area contributed by atoms with Gasteiger partial charge in [0, 0.05) is 32.6 Å². The molecule has 0 aromatic heterocycles. The van der Waals surface area contributed by atoms with Crippen LogP contribution in [0.2, 0.25) is 0 Å². The lowest BCUT2D eigenvalue weighted by atomic mass is 9.96. The second-order valence-electron chi connectivity index (χ2n) is 6.91. The average molecular weight is 331 g/mol. The molecule has 0 spiro atoms. The Kier molecular flexibility index (Phi) is 6.79. The third kappa shape index (κ3) is 5.64. The number of nitrogens with one attached hydrogen (secondary N) is 1. The molecule has 1 aromatic rings. The molecule has 0 radical (unpaired) electrons. The number of likely N-dealkylation sites (tertiary alicyclic amines) is 1. The summed E-state index contributed by atoms with van der Waals surface area (Å²) >= 11 is 0. The Hall–Kier alpha value is -1.88. The number of likely N-dealkylation sites (N-methyl/N-ethyl adjacent to an activating group) is 1. The molecular formula is C19H29N3O2. The van der Waals surface area contributed by atoms with Crippen LogP contribution in [0.1, 0.15) is 24.0 Å². The van der Waals surface area contributed by atoms with Crippen molar-refractivity contribution in [2.45, 2.75) is 26.2 Å². The summed E-state index contributed by atoms with van der Waals surface area (Å²) < 4.78 is 0. The van der Waals surface area contributed by atoms with Crippen molar-refractivity contribution in [3.63, 3.8) is 0 Å². The number of nitrogens with zero attached hydrogens (tertiary/aromatic N) is 2. The van der Waals surface area contributed by atoms with Gasteiger partial charge in [-0.3, -0.25) is 9.59 Å². The van der Waals surface area contributed by atoms with E-state index in [9.17, 15) is 9.59 Å². The SMILES string of the molecule is Cc1ccc(CCNC(=O)C2CCC(=O)N(CCN(C)C)C2)cc1. The molecule has 0 aliphatic carbocycles. The van der Waals surface area contributed by atoms with Crippen molar-refractivity contribution in [1.82, 2.24) is 15.1 Å². The molecule has 0 saturated carbocycles. The van der Waals surface area contributed by atoms with Crippen molar-refractivity contribution in [2.24, 2.45) is 5.92 Å². The van der Waals surface area contributed by atoms with Crippen molar-refractivity contribution in [3.8, 4) is 0 Å². The summed E-state index contributed by atoms with van der Waals surface area (Å²) in [5, 5.41) is 3.03. The Balaban J connectivity index is 1.76. The molecule has 1 aliphatic rings. The van der Waals surface area contributed by atoms with Crippen molar-refractivity contribution in [3.05, 3.63) is 35.4 Å². The van der Waals surface area contributed by atoms with Gasteiger partial charge in [-0.25, -0.2) is 0 Å². The summed E-state index contributed by atoms with van der Waals surface area (Å²) in [6.07, 6.45) is 1.97. The molecule has 24 heavy (non-hydrogen) atoms. The first-order valence-electron chi connectivity index (χ1n) is 8.71. The van der Waals surface area contributed by atoms with Crippen molar-refractivity contribution >= 4 is 11.8 Å². The molecule has 1 aliphatic heterocycles. The van der Waals surface area contributed by atoms with Gasteiger partial charge in [-0.05, 0) is 39.4 Å². The van der Waals surface area contributed by atoms with Crippen LogP contribution >= 0.6 is 0 Å². The first-order valence-corrected chi connectivity index (χ1v) is 8.71. The van der Waals surface area contributed by atoms with Crippen LogP contribution in [0.3, 0.4) is 0 Å². The van der Waals surface area contributed by atoms with E-state index in [4.69, 9.17) is 0 Å². The highest BCUT2D eigenvalue weighted by molar-refractivity contribution is 5.83. The smallest absolute Gasteiger partial charge is 0.224 e. The monoisotopic (exact) mass is 331 g/mol. The Morgan fingerprint density at radius 2 is 2.00 bits per heavy atom. The maximum atomic E-state index is 12.4. The van der Waals surface area contributed by atoms with Crippen molar-refractivity contribution < 1.29 is 9.59 Å². The van der Waals surface area contributed by atoms with Gasteiger partial charge in [0.2, 0.25) is 11.8 Å². The summed E-state index contributed by atoms with van der Waals surface area (Å²) in [6, 6.07) is 8.38. The molecule has 2 rings (SSSR count). The second kappa shape index (κ2) is 8.83. The van der Waals surface area contributed by atoms with Gasteiger partial charge in [0.25, 0.3) is 0 Å². The minimum absolute atomic E-state index is 0.0736. The summed E-state index contributed by atoms with van der Waals surface area (Å²) in [5.74, 6) is 0.160. The normalized spacial score (nSPS) is 18.1. The van der Waals surface area contributed by atoms with Gasteiger partial charge in [0.1, 0.15) is 0 Å². The van der Waals surface area contributed by atoms with Gasteiger partial charge in [-0.2, -0.15) is 0 Å². The lowest BCUT2D eigenvalue weighted by molar-refractivity contribution is -0.138. The van der Waals surface area contributed by atoms with E-state index in [0.29, 0.717) is 32.5 Å². The van der Waals surface area contributed by atoms with Crippen LogP contribution in [0.4, 0.5) is 0 Å². The van der Waals surface area contributed by atoms with E-state index in [0.717, 1.165) is 13.0 Å². The number of carbonyl (C=O) groups is 2. The van der Waals surface area contributed by atoms with Crippen LogP contribution in [0.25, 0.3) is 0 Å². The number of carbonyl (C=O) groups excluding carboxylic acids is 2. The standard InChI is InChI=1S/C19H29N3O2/c1-15-4-6-16(7-5-15)10-11-20-19(24)17-8-9-18(23)22(14-17)13-12-21(2)3/h4-7,17H,8-14H2,1-3H3,(H,20,24). The van der Waals surface area contributed by atoms with E-state index in [1.54, 1.807) is 0 Å². The van der Waals surface area contributed by atoms with Gasteiger partial charge >= 0.3 is 0 Å². The minimum Gasteiger partial charge on any atom is -0.355 e. The van der Waals surface area contributed by atoms with Crippen LogP contribution < -0.4 is 5.32 Å². The summed E-state index contributed by atoms with van der Waals surface area (Å²) in [7, 11) is 3.98. The first-order chi connectivity index (χ1) is 11.5. The maximum Gasteiger partial charge on any atom is 0.224 e. The molecular weight excluding hydrogens is 302 g/mol. The van der Waals surface area contributed by atoms with Crippen LogP contribution in [0.5, 0.6) is 0 Å². The number of benzene rings is 1. The molecule has 132 valence electrons. The fourth-order valence-corrected chi connectivity index (χ4v) is 2.89. The third-order valence-corrected chi connectivity index (χ3v) is 4.52. The highest BCUT2D eigenvalue weighted by atomic mass is 16.2. The Bertz CT molecular complexity index is 554. The van der Waals surface area contributed by atoms with Gasteiger partial charge in [-0.15, -0.1) is 0 Å². The van der Waals surface area contributed by atoms with E-state index >= 15 is 0 Å². The quantitative estimate of drug-likeness (QED) is 0.823. The van der Waals surface area contributed by atoms with E-state index in [1.807, 2.05) is 19.0 Å². The molecule has 5 nitrogen and oxygen atoms in total. The summed E-state index contributed by atoms with van der Waals surface area (Å²) in [6.45, 7) is 4.78. The molecule has 0 bridgehead atoms. The number of hydrogen-bond acceptors (Lipinski definition) is 3. The van der Waals surface area contributed by atoms with Gasteiger partial charge in [0.15, 0.2) is 0 Å². The Labute approximate surface area is 145 Å².